The lowest BCUT2D eigenvalue weighted by Gasteiger charge is -2.34. The number of nitrogens with one attached hydrogen (secondary N) is 1. The molecule has 0 saturated heterocycles. The van der Waals surface area contributed by atoms with Gasteiger partial charge in [-0.25, -0.2) is 8.42 Å². The van der Waals surface area contributed by atoms with Gasteiger partial charge in [-0.3, -0.25) is 13.9 Å². The number of benzene rings is 3. The van der Waals surface area contributed by atoms with E-state index in [1.54, 1.807) is 36.4 Å². The summed E-state index contributed by atoms with van der Waals surface area (Å²) in [5.74, 6) is -0.697. The van der Waals surface area contributed by atoms with Crippen LogP contribution in [0.4, 0.5) is 5.69 Å². The SMILES string of the molecule is CCC(C)NC(=O)C(CC)N(Cc1cccc(C)c1)C(=O)CN(c1cccc(C)c1C)S(=O)(=O)c1ccc(C)cc1. The minimum absolute atomic E-state index is 0.0548. The first-order valence-electron chi connectivity index (χ1n) is 14.2. The Bertz CT molecular complexity index is 1470. The predicted molar refractivity (Wildman–Crippen MR) is 165 cm³/mol. The summed E-state index contributed by atoms with van der Waals surface area (Å²) in [5, 5.41) is 3.01. The molecule has 41 heavy (non-hydrogen) atoms. The average molecular weight is 578 g/mol. The average Bonchev–Trinajstić information content (AvgIpc) is 2.93. The number of hydrogen-bond acceptors (Lipinski definition) is 4. The second-order valence-electron chi connectivity index (χ2n) is 10.8. The molecule has 1 N–H and O–H groups in total. The molecule has 0 radical (unpaired) electrons. The highest BCUT2D eigenvalue weighted by Gasteiger charge is 2.34. The van der Waals surface area contributed by atoms with Crippen molar-refractivity contribution in [1.82, 2.24) is 10.2 Å². The molecule has 2 unspecified atom stereocenters. The minimum Gasteiger partial charge on any atom is -0.352 e. The van der Waals surface area contributed by atoms with E-state index >= 15 is 0 Å². The number of carbonyl (C=O) groups excluding carboxylic acids is 2. The number of aryl methyl sites for hydroxylation is 3. The van der Waals surface area contributed by atoms with Crippen LogP contribution in [0.15, 0.2) is 71.6 Å². The van der Waals surface area contributed by atoms with Gasteiger partial charge in [-0.05, 0) is 82.3 Å². The van der Waals surface area contributed by atoms with Crippen molar-refractivity contribution in [2.45, 2.75) is 84.8 Å². The lowest BCUT2D eigenvalue weighted by atomic mass is 10.1. The zero-order valence-corrected chi connectivity index (χ0v) is 26.1. The van der Waals surface area contributed by atoms with E-state index < -0.39 is 28.5 Å². The Morgan fingerprint density at radius 2 is 1.51 bits per heavy atom. The fourth-order valence-electron chi connectivity index (χ4n) is 4.72. The Balaban J connectivity index is 2.10. The van der Waals surface area contributed by atoms with Crippen LogP contribution in [0, 0.1) is 27.7 Å². The summed E-state index contributed by atoms with van der Waals surface area (Å²) in [7, 11) is -4.11. The van der Waals surface area contributed by atoms with Gasteiger partial charge in [0.25, 0.3) is 10.0 Å². The van der Waals surface area contributed by atoms with Crippen LogP contribution in [-0.2, 0) is 26.2 Å². The normalized spacial score (nSPS) is 12.9. The molecule has 2 atom stereocenters. The third-order valence-corrected chi connectivity index (χ3v) is 9.33. The topological polar surface area (TPSA) is 86.8 Å². The van der Waals surface area contributed by atoms with E-state index in [0.717, 1.165) is 34.2 Å². The molecule has 3 aromatic carbocycles. The number of anilines is 1. The van der Waals surface area contributed by atoms with Gasteiger partial charge in [-0.2, -0.15) is 0 Å². The van der Waals surface area contributed by atoms with Crippen molar-refractivity contribution in [3.8, 4) is 0 Å². The molecule has 0 spiro atoms. The Labute approximate surface area is 245 Å². The molecule has 3 rings (SSSR count). The Morgan fingerprint density at radius 3 is 2.12 bits per heavy atom. The van der Waals surface area contributed by atoms with Crippen LogP contribution in [0.2, 0.25) is 0 Å². The van der Waals surface area contributed by atoms with Crippen molar-refractivity contribution < 1.29 is 18.0 Å². The fraction of sp³-hybridized carbons (Fsp3) is 0.394. The quantitative estimate of drug-likeness (QED) is 0.293. The van der Waals surface area contributed by atoms with Crippen molar-refractivity contribution in [1.29, 1.82) is 0 Å². The first kappa shape index (κ1) is 31.9. The molecule has 0 aromatic heterocycles. The van der Waals surface area contributed by atoms with Gasteiger partial charge in [-0.1, -0.05) is 73.5 Å². The molecular formula is C33H43N3O4S. The summed E-state index contributed by atoms with van der Waals surface area (Å²) in [6, 6.07) is 19.0. The van der Waals surface area contributed by atoms with Crippen LogP contribution in [0.3, 0.4) is 0 Å². The third kappa shape index (κ3) is 7.76. The van der Waals surface area contributed by atoms with Crippen molar-refractivity contribution in [2.75, 3.05) is 10.8 Å². The maximum absolute atomic E-state index is 14.2. The smallest absolute Gasteiger partial charge is 0.264 e. The molecule has 0 fully saturated rings. The van der Waals surface area contributed by atoms with Gasteiger partial charge in [-0.15, -0.1) is 0 Å². The van der Waals surface area contributed by atoms with Crippen molar-refractivity contribution >= 4 is 27.5 Å². The zero-order chi connectivity index (χ0) is 30.3. The number of hydrogen-bond donors (Lipinski definition) is 1. The van der Waals surface area contributed by atoms with E-state index in [0.29, 0.717) is 12.1 Å². The van der Waals surface area contributed by atoms with Crippen LogP contribution in [0.5, 0.6) is 0 Å². The molecule has 2 amide bonds. The molecule has 0 aliphatic rings. The lowest BCUT2D eigenvalue weighted by molar-refractivity contribution is -0.140. The number of rotatable bonds is 12. The van der Waals surface area contributed by atoms with Gasteiger partial charge in [0.15, 0.2) is 0 Å². The van der Waals surface area contributed by atoms with Crippen molar-refractivity contribution in [3.63, 3.8) is 0 Å². The number of carbonyl (C=O) groups is 2. The van der Waals surface area contributed by atoms with E-state index in [9.17, 15) is 18.0 Å². The van der Waals surface area contributed by atoms with Crippen molar-refractivity contribution in [3.05, 3.63) is 94.5 Å². The zero-order valence-electron chi connectivity index (χ0n) is 25.3. The van der Waals surface area contributed by atoms with E-state index in [1.165, 1.54) is 9.21 Å². The van der Waals surface area contributed by atoms with Crippen molar-refractivity contribution in [2.24, 2.45) is 0 Å². The van der Waals surface area contributed by atoms with Crippen LogP contribution < -0.4 is 9.62 Å². The molecule has 0 aliphatic carbocycles. The highest BCUT2D eigenvalue weighted by Crippen LogP contribution is 2.29. The largest absolute Gasteiger partial charge is 0.352 e. The lowest BCUT2D eigenvalue weighted by Crippen LogP contribution is -2.53. The molecule has 220 valence electrons. The second kappa shape index (κ2) is 13.8. The standard InChI is InChI=1S/C33H43N3O4S/c1-8-26(6)34-33(38)30(9-2)35(21-28-14-10-12-24(4)20-28)32(37)22-36(31-15-11-13-25(5)27(31)7)41(39,40)29-18-16-23(3)17-19-29/h10-20,26,30H,8-9,21-22H2,1-7H3,(H,34,38). The molecule has 0 bridgehead atoms. The van der Waals surface area contributed by atoms with Gasteiger partial charge < -0.3 is 10.2 Å². The maximum atomic E-state index is 14.2. The number of amides is 2. The summed E-state index contributed by atoms with van der Waals surface area (Å²) in [4.78, 5) is 29.3. The highest BCUT2D eigenvalue weighted by molar-refractivity contribution is 7.92. The molecule has 8 heteroatoms. The van der Waals surface area contributed by atoms with E-state index in [-0.39, 0.29) is 23.4 Å². The molecule has 3 aromatic rings. The first-order valence-corrected chi connectivity index (χ1v) is 15.6. The van der Waals surface area contributed by atoms with E-state index in [4.69, 9.17) is 0 Å². The number of sulfonamides is 1. The Hall–Kier alpha value is -3.65. The second-order valence-corrected chi connectivity index (χ2v) is 12.7. The van der Waals surface area contributed by atoms with E-state index in [2.05, 4.69) is 5.32 Å². The fourth-order valence-corrected chi connectivity index (χ4v) is 6.20. The predicted octanol–water partition coefficient (Wildman–Crippen LogP) is 5.84. The van der Waals surface area contributed by atoms with Crippen LogP contribution in [0.25, 0.3) is 0 Å². The minimum atomic E-state index is -4.11. The van der Waals surface area contributed by atoms with Gasteiger partial charge in [0, 0.05) is 12.6 Å². The molecule has 0 aliphatic heterocycles. The summed E-state index contributed by atoms with van der Waals surface area (Å²) in [5.41, 5.74) is 4.95. The van der Waals surface area contributed by atoms with Crippen LogP contribution >= 0.6 is 0 Å². The maximum Gasteiger partial charge on any atom is 0.264 e. The first-order chi connectivity index (χ1) is 19.4. The highest BCUT2D eigenvalue weighted by atomic mass is 32.2. The van der Waals surface area contributed by atoms with Gasteiger partial charge in [0.1, 0.15) is 12.6 Å². The summed E-state index contributed by atoms with van der Waals surface area (Å²) in [6.07, 6.45) is 1.14. The molecular weight excluding hydrogens is 534 g/mol. The van der Waals surface area contributed by atoms with Crippen LogP contribution in [-0.4, -0.2) is 43.8 Å². The van der Waals surface area contributed by atoms with E-state index in [1.807, 2.05) is 78.8 Å². The summed E-state index contributed by atoms with van der Waals surface area (Å²) >= 11 is 0. The van der Waals surface area contributed by atoms with Gasteiger partial charge in [0.2, 0.25) is 11.8 Å². The monoisotopic (exact) mass is 577 g/mol. The summed E-state index contributed by atoms with van der Waals surface area (Å²) in [6.45, 7) is 13.1. The molecule has 0 heterocycles. The Kier molecular flexibility index (Phi) is 10.7. The molecule has 7 nitrogen and oxygen atoms in total. The summed E-state index contributed by atoms with van der Waals surface area (Å²) < 4.78 is 29.4. The third-order valence-electron chi connectivity index (χ3n) is 7.55. The van der Waals surface area contributed by atoms with Crippen LogP contribution in [0.1, 0.15) is 61.4 Å². The Morgan fingerprint density at radius 1 is 0.854 bits per heavy atom. The van der Waals surface area contributed by atoms with Gasteiger partial charge in [0.05, 0.1) is 10.6 Å². The molecule has 0 saturated carbocycles. The van der Waals surface area contributed by atoms with Gasteiger partial charge >= 0.3 is 0 Å². The number of nitrogens with zero attached hydrogens (tertiary/aromatic N) is 2.